The fourth-order valence-corrected chi connectivity index (χ4v) is 4.89. The summed E-state index contributed by atoms with van der Waals surface area (Å²) in [5, 5.41) is 3.61. The van der Waals surface area contributed by atoms with Gasteiger partial charge in [-0.05, 0) is 43.5 Å². The monoisotopic (exact) mass is 423 g/mol. The number of methoxy groups -OCH3 is 1. The highest BCUT2D eigenvalue weighted by molar-refractivity contribution is 7.22. The van der Waals surface area contributed by atoms with E-state index in [0.29, 0.717) is 42.4 Å². The number of ether oxygens (including phenoxy) is 1. The molecule has 1 saturated heterocycles. The summed E-state index contributed by atoms with van der Waals surface area (Å²) in [7, 11) is 1.61. The van der Waals surface area contributed by atoms with Gasteiger partial charge in [0.1, 0.15) is 11.3 Å². The number of amides is 2. The Labute approximate surface area is 179 Å². The van der Waals surface area contributed by atoms with Gasteiger partial charge in [-0.15, -0.1) is 0 Å². The molecule has 1 N–H and O–H groups in total. The fourth-order valence-electron chi connectivity index (χ4n) is 4.01. The van der Waals surface area contributed by atoms with Crippen LogP contribution in [-0.2, 0) is 4.79 Å². The molecule has 0 radical (unpaired) electrons. The zero-order chi connectivity index (χ0) is 21.1. The number of para-hydroxylation sites is 1. The second kappa shape index (κ2) is 8.44. The van der Waals surface area contributed by atoms with E-state index in [1.165, 1.54) is 11.3 Å². The number of thiazole rings is 1. The summed E-state index contributed by atoms with van der Waals surface area (Å²) in [5.41, 5.74) is 0.957. The van der Waals surface area contributed by atoms with Crippen molar-refractivity contribution in [1.29, 1.82) is 0 Å². The first kappa shape index (κ1) is 20.3. The van der Waals surface area contributed by atoms with Gasteiger partial charge in [-0.1, -0.05) is 42.5 Å². The summed E-state index contributed by atoms with van der Waals surface area (Å²) in [6.07, 6.45) is 2.00. The first-order chi connectivity index (χ1) is 14.6. The van der Waals surface area contributed by atoms with E-state index < -0.39 is 5.41 Å². The summed E-state index contributed by atoms with van der Waals surface area (Å²) >= 11 is 1.44. The lowest BCUT2D eigenvalue weighted by Crippen LogP contribution is -2.48. The van der Waals surface area contributed by atoms with Crippen molar-refractivity contribution in [1.82, 2.24) is 9.88 Å². The number of nitrogens with one attached hydrogen (secondary N) is 1. The van der Waals surface area contributed by atoms with Gasteiger partial charge in [0.15, 0.2) is 5.13 Å². The normalized spacial score (nSPS) is 15.7. The van der Waals surface area contributed by atoms with Crippen LogP contribution in [-0.4, -0.2) is 41.9 Å². The summed E-state index contributed by atoms with van der Waals surface area (Å²) in [5.74, 6) is 0.705. The van der Waals surface area contributed by atoms with Crippen molar-refractivity contribution in [2.24, 2.45) is 5.41 Å². The van der Waals surface area contributed by atoms with Crippen LogP contribution in [0.3, 0.4) is 0 Å². The highest BCUT2D eigenvalue weighted by atomic mass is 32.1. The number of hydrogen-bond acceptors (Lipinski definition) is 5. The minimum absolute atomic E-state index is 0.0187. The van der Waals surface area contributed by atoms with Gasteiger partial charge in [-0.3, -0.25) is 9.59 Å². The maximum absolute atomic E-state index is 13.2. The highest BCUT2D eigenvalue weighted by Crippen LogP contribution is 2.38. The number of fused-ring (bicyclic) bond motifs is 1. The second-order valence-electron chi connectivity index (χ2n) is 7.57. The molecule has 1 aliphatic rings. The van der Waals surface area contributed by atoms with Crippen molar-refractivity contribution in [3.05, 3.63) is 54.1 Å². The lowest BCUT2D eigenvalue weighted by atomic mass is 9.75. The largest absolute Gasteiger partial charge is 0.494 e. The Morgan fingerprint density at radius 1 is 1.13 bits per heavy atom. The maximum Gasteiger partial charge on any atom is 0.253 e. The van der Waals surface area contributed by atoms with E-state index >= 15 is 0 Å². The Bertz CT molecular complexity index is 1060. The smallest absolute Gasteiger partial charge is 0.253 e. The summed E-state index contributed by atoms with van der Waals surface area (Å²) in [6.45, 7) is 3.18. The van der Waals surface area contributed by atoms with Gasteiger partial charge < -0.3 is 15.0 Å². The number of carbonyl (C=O) groups is 2. The summed E-state index contributed by atoms with van der Waals surface area (Å²) in [6, 6.07) is 15.0. The lowest BCUT2D eigenvalue weighted by molar-refractivity contribution is -0.128. The number of aromatic nitrogens is 1. The van der Waals surface area contributed by atoms with Crippen molar-refractivity contribution in [3.8, 4) is 5.75 Å². The average Bonchev–Trinajstić information content (AvgIpc) is 3.21. The molecule has 7 heteroatoms. The topological polar surface area (TPSA) is 71.5 Å². The van der Waals surface area contributed by atoms with Crippen molar-refractivity contribution < 1.29 is 14.3 Å². The third kappa shape index (κ3) is 3.77. The molecule has 2 heterocycles. The van der Waals surface area contributed by atoms with Crippen LogP contribution in [0, 0.1) is 5.41 Å². The number of rotatable bonds is 5. The molecule has 156 valence electrons. The number of likely N-dealkylation sites (tertiary alicyclic amines) is 1. The molecule has 4 rings (SSSR count). The number of nitrogens with zero attached hydrogens (tertiary/aromatic N) is 2. The fraction of sp³-hybridized carbons (Fsp3) is 0.348. The highest BCUT2D eigenvalue weighted by Gasteiger charge is 2.41. The van der Waals surface area contributed by atoms with Gasteiger partial charge in [-0.2, -0.15) is 0 Å². The van der Waals surface area contributed by atoms with Crippen molar-refractivity contribution in [3.63, 3.8) is 0 Å². The number of hydrogen-bond donors (Lipinski definition) is 1. The van der Waals surface area contributed by atoms with E-state index in [0.717, 1.165) is 16.6 Å². The maximum atomic E-state index is 13.2. The molecule has 1 fully saturated rings. The van der Waals surface area contributed by atoms with E-state index in [4.69, 9.17) is 4.74 Å². The van der Waals surface area contributed by atoms with Crippen molar-refractivity contribution >= 4 is 38.5 Å². The first-order valence-corrected chi connectivity index (χ1v) is 11.0. The van der Waals surface area contributed by atoms with E-state index in [2.05, 4.69) is 10.3 Å². The molecule has 6 nitrogen and oxygen atoms in total. The SMILES string of the molecule is CCC1(C(=O)Nc2nc3c(OC)cccc3s2)CCN(C(=O)c2ccccc2)CC1. The van der Waals surface area contributed by atoms with Gasteiger partial charge in [0, 0.05) is 18.7 Å². The average molecular weight is 424 g/mol. The number of anilines is 1. The molecule has 2 amide bonds. The lowest BCUT2D eigenvalue weighted by Gasteiger charge is -2.40. The molecule has 3 aromatic rings. The van der Waals surface area contributed by atoms with Gasteiger partial charge in [-0.25, -0.2) is 4.98 Å². The Kier molecular flexibility index (Phi) is 5.72. The summed E-state index contributed by atoms with van der Waals surface area (Å²) < 4.78 is 6.34. The molecular formula is C23H25N3O3S. The van der Waals surface area contributed by atoms with Crippen LogP contribution in [0.15, 0.2) is 48.5 Å². The second-order valence-corrected chi connectivity index (χ2v) is 8.60. The number of carbonyl (C=O) groups excluding carboxylic acids is 2. The third-order valence-electron chi connectivity index (χ3n) is 6.01. The summed E-state index contributed by atoms with van der Waals surface area (Å²) in [4.78, 5) is 32.4. The molecule has 0 saturated carbocycles. The Morgan fingerprint density at radius 3 is 2.53 bits per heavy atom. The van der Waals surface area contributed by atoms with E-state index in [1.807, 2.05) is 60.4 Å². The van der Waals surface area contributed by atoms with Crippen LogP contribution < -0.4 is 10.1 Å². The minimum atomic E-state index is -0.491. The van der Waals surface area contributed by atoms with Gasteiger partial charge >= 0.3 is 0 Å². The molecule has 0 bridgehead atoms. The van der Waals surface area contributed by atoms with Gasteiger partial charge in [0.2, 0.25) is 5.91 Å². The molecule has 30 heavy (non-hydrogen) atoms. The predicted octanol–water partition coefficient (Wildman–Crippen LogP) is 4.58. The standard InChI is InChI=1S/C23H25N3O3S/c1-3-23(12-14-26(15-13-23)20(27)16-8-5-4-6-9-16)21(28)25-22-24-19-17(29-2)10-7-11-18(19)30-22/h4-11H,3,12-15H2,1-2H3,(H,24,25,28). The molecular weight excluding hydrogens is 398 g/mol. The van der Waals surface area contributed by atoms with Crippen LogP contribution in [0.4, 0.5) is 5.13 Å². The molecule has 0 spiro atoms. The van der Waals surface area contributed by atoms with Crippen LogP contribution >= 0.6 is 11.3 Å². The van der Waals surface area contributed by atoms with E-state index in [-0.39, 0.29) is 11.8 Å². The van der Waals surface area contributed by atoms with Gasteiger partial charge in [0.25, 0.3) is 5.91 Å². The molecule has 0 aliphatic carbocycles. The van der Waals surface area contributed by atoms with Crippen LogP contribution in [0.2, 0.25) is 0 Å². The van der Waals surface area contributed by atoms with Crippen molar-refractivity contribution in [2.75, 3.05) is 25.5 Å². The molecule has 1 aliphatic heterocycles. The minimum Gasteiger partial charge on any atom is -0.494 e. The Morgan fingerprint density at radius 2 is 1.87 bits per heavy atom. The quantitative estimate of drug-likeness (QED) is 0.652. The molecule has 1 aromatic heterocycles. The Balaban J connectivity index is 1.46. The van der Waals surface area contributed by atoms with Crippen LogP contribution in [0.5, 0.6) is 5.75 Å². The Hall–Kier alpha value is -2.93. The number of piperidine rings is 1. The zero-order valence-corrected chi connectivity index (χ0v) is 18.0. The third-order valence-corrected chi connectivity index (χ3v) is 6.95. The van der Waals surface area contributed by atoms with Gasteiger partial charge in [0.05, 0.1) is 17.2 Å². The number of benzene rings is 2. The van der Waals surface area contributed by atoms with E-state index in [9.17, 15) is 9.59 Å². The van der Waals surface area contributed by atoms with E-state index in [1.54, 1.807) is 7.11 Å². The molecule has 2 aromatic carbocycles. The van der Waals surface area contributed by atoms with Crippen molar-refractivity contribution in [2.45, 2.75) is 26.2 Å². The predicted molar refractivity (Wildman–Crippen MR) is 119 cm³/mol. The van der Waals surface area contributed by atoms with Crippen LogP contribution in [0.1, 0.15) is 36.5 Å². The molecule has 0 unspecified atom stereocenters. The van der Waals surface area contributed by atoms with Crippen LogP contribution in [0.25, 0.3) is 10.2 Å². The zero-order valence-electron chi connectivity index (χ0n) is 17.2. The molecule has 0 atom stereocenters. The first-order valence-electron chi connectivity index (χ1n) is 10.2.